The van der Waals surface area contributed by atoms with Crippen LogP contribution in [-0.2, 0) is 6.54 Å². The van der Waals surface area contributed by atoms with Gasteiger partial charge in [-0.2, -0.15) is 0 Å². The summed E-state index contributed by atoms with van der Waals surface area (Å²) in [5.74, 6) is 1.50. The third-order valence-corrected chi connectivity index (χ3v) is 4.07. The van der Waals surface area contributed by atoms with Crippen molar-refractivity contribution in [1.29, 1.82) is 0 Å². The number of nitrogens with zero attached hydrogens (tertiary/aromatic N) is 2. The maximum atomic E-state index is 9.63. The maximum absolute atomic E-state index is 9.63. The number of pyridine rings is 1. The lowest BCUT2D eigenvalue weighted by Crippen LogP contribution is -2.37. The molecule has 1 aromatic heterocycles. The standard InChI is InChI=1S/C16H27N3O/c1-12(2)17-10-14-4-5-16(18-11-14)19-8-6-15(7-9-19)13(3)20/h4-5,11-13,15,17,20H,6-10H2,1-3H3. The highest BCUT2D eigenvalue weighted by atomic mass is 16.3. The van der Waals surface area contributed by atoms with Gasteiger partial charge in [-0.25, -0.2) is 4.98 Å². The van der Waals surface area contributed by atoms with E-state index in [0.717, 1.165) is 38.3 Å². The third kappa shape index (κ3) is 4.18. The van der Waals surface area contributed by atoms with Gasteiger partial charge < -0.3 is 15.3 Å². The van der Waals surface area contributed by atoms with Crippen LogP contribution in [0.15, 0.2) is 18.3 Å². The fraction of sp³-hybridized carbons (Fsp3) is 0.688. The van der Waals surface area contributed by atoms with Crippen molar-refractivity contribution in [2.75, 3.05) is 18.0 Å². The molecule has 4 heteroatoms. The Kier molecular flexibility index (Phi) is 5.38. The number of anilines is 1. The van der Waals surface area contributed by atoms with E-state index in [1.54, 1.807) is 0 Å². The van der Waals surface area contributed by atoms with Gasteiger partial charge in [0, 0.05) is 31.9 Å². The molecule has 1 aliphatic rings. The number of piperidine rings is 1. The van der Waals surface area contributed by atoms with Gasteiger partial charge >= 0.3 is 0 Å². The van der Waals surface area contributed by atoms with Gasteiger partial charge in [-0.3, -0.25) is 0 Å². The monoisotopic (exact) mass is 277 g/mol. The number of aromatic nitrogens is 1. The van der Waals surface area contributed by atoms with Gasteiger partial charge in [0.2, 0.25) is 0 Å². The molecule has 2 N–H and O–H groups in total. The van der Waals surface area contributed by atoms with Gasteiger partial charge in [0.15, 0.2) is 0 Å². The predicted octanol–water partition coefficient (Wildman–Crippen LogP) is 2.18. The average molecular weight is 277 g/mol. The summed E-state index contributed by atoms with van der Waals surface area (Å²) in [5.41, 5.74) is 1.22. The largest absolute Gasteiger partial charge is 0.393 e. The van der Waals surface area contributed by atoms with Crippen molar-refractivity contribution in [3.63, 3.8) is 0 Å². The molecule has 20 heavy (non-hydrogen) atoms. The zero-order chi connectivity index (χ0) is 14.5. The van der Waals surface area contributed by atoms with Crippen LogP contribution in [0.3, 0.4) is 0 Å². The van der Waals surface area contributed by atoms with Crippen molar-refractivity contribution < 1.29 is 5.11 Å². The molecule has 112 valence electrons. The summed E-state index contributed by atoms with van der Waals surface area (Å²) in [7, 11) is 0. The van der Waals surface area contributed by atoms with E-state index in [1.807, 2.05) is 13.1 Å². The van der Waals surface area contributed by atoms with Crippen molar-refractivity contribution in [2.24, 2.45) is 5.92 Å². The second kappa shape index (κ2) is 7.04. The molecule has 0 saturated carbocycles. The highest BCUT2D eigenvalue weighted by molar-refractivity contribution is 5.39. The minimum absolute atomic E-state index is 0.186. The normalized spacial score (nSPS) is 18.6. The van der Waals surface area contributed by atoms with Crippen LogP contribution in [0.5, 0.6) is 0 Å². The quantitative estimate of drug-likeness (QED) is 0.866. The van der Waals surface area contributed by atoms with E-state index >= 15 is 0 Å². The van der Waals surface area contributed by atoms with Crippen molar-refractivity contribution in [1.82, 2.24) is 10.3 Å². The van der Waals surface area contributed by atoms with Gasteiger partial charge in [0.1, 0.15) is 5.82 Å². The summed E-state index contributed by atoms with van der Waals surface area (Å²) >= 11 is 0. The Balaban J connectivity index is 1.87. The maximum Gasteiger partial charge on any atom is 0.128 e. The Morgan fingerprint density at radius 1 is 1.30 bits per heavy atom. The number of nitrogens with one attached hydrogen (secondary N) is 1. The summed E-state index contributed by atoms with van der Waals surface area (Å²) in [4.78, 5) is 6.89. The van der Waals surface area contributed by atoms with E-state index in [9.17, 15) is 5.11 Å². The van der Waals surface area contributed by atoms with E-state index in [1.165, 1.54) is 5.56 Å². The lowest BCUT2D eigenvalue weighted by molar-refractivity contribution is 0.110. The average Bonchev–Trinajstić information content (AvgIpc) is 2.46. The molecule has 0 spiro atoms. The van der Waals surface area contributed by atoms with Gasteiger partial charge in [0.05, 0.1) is 6.10 Å². The number of rotatable bonds is 5. The first-order valence-corrected chi connectivity index (χ1v) is 7.67. The molecule has 0 aliphatic carbocycles. The number of aliphatic hydroxyl groups excluding tert-OH is 1. The Hall–Kier alpha value is -1.13. The first kappa shape index (κ1) is 15.3. The molecule has 0 amide bonds. The minimum atomic E-state index is -0.186. The zero-order valence-electron chi connectivity index (χ0n) is 12.8. The summed E-state index contributed by atoms with van der Waals surface area (Å²) < 4.78 is 0. The fourth-order valence-electron chi connectivity index (χ4n) is 2.64. The van der Waals surface area contributed by atoms with Crippen molar-refractivity contribution in [3.05, 3.63) is 23.9 Å². The van der Waals surface area contributed by atoms with Crippen LogP contribution in [0.1, 0.15) is 39.2 Å². The van der Waals surface area contributed by atoms with Crippen LogP contribution in [0.4, 0.5) is 5.82 Å². The third-order valence-electron chi connectivity index (χ3n) is 4.07. The minimum Gasteiger partial charge on any atom is -0.393 e. The van der Waals surface area contributed by atoms with Crippen LogP contribution in [-0.4, -0.2) is 35.3 Å². The molecule has 0 bridgehead atoms. The predicted molar refractivity (Wildman–Crippen MR) is 82.8 cm³/mol. The molecular weight excluding hydrogens is 250 g/mol. The topological polar surface area (TPSA) is 48.4 Å². The Bertz CT molecular complexity index is 395. The molecule has 1 unspecified atom stereocenters. The van der Waals surface area contributed by atoms with Crippen molar-refractivity contribution in [2.45, 2.75) is 52.3 Å². The first-order valence-electron chi connectivity index (χ1n) is 7.67. The van der Waals surface area contributed by atoms with E-state index in [2.05, 4.69) is 41.2 Å². The highest BCUT2D eigenvalue weighted by Gasteiger charge is 2.23. The molecule has 1 aliphatic heterocycles. The summed E-state index contributed by atoms with van der Waals surface area (Å²) in [6.45, 7) is 9.05. The molecule has 2 rings (SSSR count). The van der Waals surface area contributed by atoms with Gasteiger partial charge in [-0.05, 0) is 37.3 Å². The molecular formula is C16H27N3O. The van der Waals surface area contributed by atoms with Crippen LogP contribution in [0.25, 0.3) is 0 Å². The number of hydrogen-bond donors (Lipinski definition) is 2. The molecule has 0 aromatic carbocycles. The van der Waals surface area contributed by atoms with Gasteiger partial charge in [0.25, 0.3) is 0 Å². The fourth-order valence-corrected chi connectivity index (χ4v) is 2.64. The van der Waals surface area contributed by atoms with Crippen molar-refractivity contribution >= 4 is 5.82 Å². The van der Waals surface area contributed by atoms with E-state index < -0.39 is 0 Å². The SMILES string of the molecule is CC(C)NCc1ccc(N2CCC(C(C)O)CC2)nc1. The van der Waals surface area contributed by atoms with Gasteiger partial charge in [-0.1, -0.05) is 19.9 Å². The van der Waals surface area contributed by atoms with Crippen molar-refractivity contribution in [3.8, 4) is 0 Å². The Labute approximate surface area is 122 Å². The molecule has 1 saturated heterocycles. The molecule has 1 aromatic rings. The van der Waals surface area contributed by atoms with Crippen LogP contribution < -0.4 is 10.2 Å². The smallest absolute Gasteiger partial charge is 0.128 e. The van der Waals surface area contributed by atoms with E-state index in [0.29, 0.717) is 12.0 Å². The zero-order valence-corrected chi connectivity index (χ0v) is 12.8. The molecule has 2 heterocycles. The second-order valence-electron chi connectivity index (χ2n) is 6.13. The summed E-state index contributed by atoms with van der Waals surface area (Å²) in [5, 5.41) is 13.0. The Morgan fingerprint density at radius 2 is 2.00 bits per heavy atom. The molecule has 0 radical (unpaired) electrons. The second-order valence-corrected chi connectivity index (χ2v) is 6.13. The van der Waals surface area contributed by atoms with Crippen LogP contribution in [0, 0.1) is 5.92 Å². The first-order chi connectivity index (χ1) is 9.56. The lowest BCUT2D eigenvalue weighted by atomic mass is 9.92. The number of aliphatic hydroxyl groups is 1. The summed E-state index contributed by atoms with van der Waals surface area (Å²) in [6.07, 6.45) is 3.88. The van der Waals surface area contributed by atoms with E-state index in [-0.39, 0.29) is 6.10 Å². The molecule has 1 atom stereocenters. The van der Waals surface area contributed by atoms with Crippen LogP contribution >= 0.6 is 0 Å². The van der Waals surface area contributed by atoms with Crippen LogP contribution in [0.2, 0.25) is 0 Å². The molecule has 4 nitrogen and oxygen atoms in total. The Morgan fingerprint density at radius 3 is 2.50 bits per heavy atom. The lowest BCUT2D eigenvalue weighted by Gasteiger charge is -2.34. The molecule has 1 fully saturated rings. The van der Waals surface area contributed by atoms with E-state index in [4.69, 9.17) is 0 Å². The number of hydrogen-bond acceptors (Lipinski definition) is 4. The highest BCUT2D eigenvalue weighted by Crippen LogP contribution is 2.24. The summed E-state index contributed by atoms with van der Waals surface area (Å²) in [6, 6.07) is 4.76. The van der Waals surface area contributed by atoms with Gasteiger partial charge in [-0.15, -0.1) is 0 Å².